The van der Waals surface area contributed by atoms with Gasteiger partial charge in [0.2, 0.25) is 0 Å². The fourth-order valence-corrected chi connectivity index (χ4v) is 6.36. The zero-order valence-corrected chi connectivity index (χ0v) is 22.2. The summed E-state index contributed by atoms with van der Waals surface area (Å²) in [5.41, 5.74) is 6.00. The molecule has 2 aliphatic carbocycles. The SMILES string of the molecule is CN1Cc2c(nc(C3CCCCC3)n2Cc2ccc(-c3ccccc3-c3nnn[nH]3)cc2)N(CC2CC2)C1. The Kier molecular flexibility index (Phi) is 6.20. The average Bonchev–Trinajstić information content (AvgIpc) is 3.45. The van der Waals surface area contributed by atoms with Gasteiger partial charge in [-0.1, -0.05) is 67.8 Å². The molecular formula is C30H36N8. The van der Waals surface area contributed by atoms with Crippen molar-refractivity contribution in [2.75, 3.05) is 25.2 Å². The third kappa shape index (κ3) is 4.62. The minimum Gasteiger partial charge on any atom is -0.342 e. The van der Waals surface area contributed by atoms with E-state index in [2.05, 4.69) is 84.5 Å². The summed E-state index contributed by atoms with van der Waals surface area (Å²) in [7, 11) is 2.25. The predicted octanol–water partition coefficient (Wildman–Crippen LogP) is 5.45. The van der Waals surface area contributed by atoms with Gasteiger partial charge in [-0.25, -0.2) is 10.1 Å². The third-order valence-corrected chi connectivity index (χ3v) is 8.49. The van der Waals surface area contributed by atoms with Gasteiger partial charge in [0.15, 0.2) is 11.6 Å². The molecule has 0 radical (unpaired) electrons. The molecule has 0 saturated heterocycles. The van der Waals surface area contributed by atoms with Crippen LogP contribution in [0.25, 0.3) is 22.5 Å². The highest BCUT2D eigenvalue weighted by molar-refractivity contribution is 5.80. The Bertz CT molecular complexity index is 1380. The Balaban J connectivity index is 1.22. The van der Waals surface area contributed by atoms with Crippen molar-refractivity contribution in [3.05, 3.63) is 65.6 Å². The van der Waals surface area contributed by atoms with Crippen molar-refractivity contribution in [2.45, 2.75) is 64.0 Å². The number of benzene rings is 2. The fraction of sp³-hybridized carbons (Fsp3) is 0.467. The molecule has 0 bridgehead atoms. The number of hydrogen-bond acceptors (Lipinski definition) is 6. The van der Waals surface area contributed by atoms with E-state index >= 15 is 0 Å². The molecule has 0 atom stereocenters. The maximum Gasteiger partial charge on any atom is 0.180 e. The minimum absolute atomic E-state index is 0.573. The number of imidazole rings is 1. The van der Waals surface area contributed by atoms with Gasteiger partial charge in [-0.05, 0) is 65.8 Å². The number of fused-ring (bicyclic) bond motifs is 1. The van der Waals surface area contributed by atoms with E-state index in [-0.39, 0.29) is 0 Å². The maximum absolute atomic E-state index is 5.41. The summed E-state index contributed by atoms with van der Waals surface area (Å²) in [6.07, 6.45) is 9.27. The largest absolute Gasteiger partial charge is 0.342 e. The van der Waals surface area contributed by atoms with Gasteiger partial charge in [0, 0.05) is 31.1 Å². The van der Waals surface area contributed by atoms with Crippen LogP contribution in [0.15, 0.2) is 48.5 Å². The highest BCUT2D eigenvalue weighted by Crippen LogP contribution is 2.39. The molecule has 4 aromatic rings. The molecule has 3 aliphatic rings. The number of nitrogens with zero attached hydrogens (tertiary/aromatic N) is 7. The lowest BCUT2D eigenvalue weighted by molar-refractivity contribution is 0.296. The lowest BCUT2D eigenvalue weighted by Gasteiger charge is -2.34. The van der Waals surface area contributed by atoms with Crippen LogP contribution in [0, 0.1) is 5.92 Å². The number of nitrogens with one attached hydrogen (secondary N) is 1. The van der Waals surface area contributed by atoms with Crippen LogP contribution >= 0.6 is 0 Å². The number of tetrazole rings is 1. The molecule has 38 heavy (non-hydrogen) atoms. The van der Waals surface area contributed by atoms with Gasteiger partial charge in [-0.15, -0.1) is 5.10 Å². The molecule has 0 amide bonds. The number of rotatable bonds is 7. The highest BCUT2D eigenvalue weighted by atomic mass is 15.5. The molecule has 0 spiro atoms. The average molecular weight is 509 g/mol. The minimum atomic E-state index is 0.573. The van der Waals surface area contributed by atoms with Crippen LogP contribution in [0.3, 0.4) is 0 Å². The van der Waals surface area contributed by atoms with E-state index < -0.39 is 0 Å². The zero-order chi connectivity index (χ0) is 25.5. The zero-order valence-electron chi connectivity index (χ0n) is 22.2. The molecule has 0 unspecified atom stereocenters. The monoisotopic (exact) mass is 508 g/mol. The van der Waals surface area contributed by atoms with E-state index in [9.17, 15) is 0 Å². The number of aromatic nitrogens is 6. The van der Waals surface area contributed by atoms with E-state index in [0.717, 1.165) is 48.9 Å². The summed E-state index contributed by atoms with van der Waals surface area (Å²) in [6, 6.07) is 17.3. The molecule has 1 aliphatic heterocycles. The Morgan fingerprint density at radius 1 is 0.921 bits per heavy atom. The van der Waals surface area contributed by atoms with Gasteiger partial charge in [0.05, 0.1) is 12.4 Å². The van der Waals surface area contributed by atoms with Gasteiger partial charge in [0.25, 0.3) is 0 Å². The van der Waals surface area contributed by atoms with Crippen molar-refractivity contribution in [1.29, 1.82) is 0 Å². The number of aromatic amines is 1. The normalized spacial score (nSPS) is 18.6. The van der Waals surface area contributed by atoms with Gasteiger partial charge < -0.3 is 9.47 Å². The topological polar surface area (TPSA) is 78.8 Å². The molecule has 2 aromatic carbocycles. The summed E-state index contributed by atoms with van der Waals surface area (Å²) >= 11 is 0. The molecule has 2 fully saturated rings. The van der Waals surface area contributed by atoms with Crippen molar-refractivity contribution in [3.63, 3.8) is 0 Å². The number of anilines is 1. The van der Waals surface area contributed by atoms with Crippen LogP contribution in [0.4, 0.5) is 5.82 Å². The Labute approximate surface area is 224 Å². The molecule has 1 N–H and O–H groups in total. The van der Waals surface area contributed by atoms with Crippen LogP contribution < -0.4 is 4.90 Å². The second kappa shape index (κ2) is 9.98. The molecular weight excluding hydrogens is 472 g/mol. The fourth-order valence-electron chi connectivity index (χ4n) is 6.36. The van der Waals surface area contributed by atoms with E-state index in [4.69, 9.17) is 4.98 Å². The molecule has 8 heteroatoms. The quantitative estimate of drug-likeness (QED) is 0.358. The summed E-state index contributed by atoms with van der Waals surface area (Å²) in [5, 5.41) is 14.6. The van der Waals surface area contributed by atoms with Crippen LogP contribution in [0.2, 0.25) is 0 Å². The number of hydrogen-bond donors (Lipinski definition) is 1. The molecule has 8 nitrogen and oxygen atoms in total. The number of H-pyrrole nitrogens is 1. The summed E-state index contributed by atoms with van der Waals surface area (Å²) in [6.45, 7) is 3.97. The van der Waals surface area contributed by atoms with Crippen molar-refractivity contribution < 1.29 is 0 Å². The molecule has 2 aromatic heterocycles. The first-order chi connectivity index (χ1) is 18.7. The standard InChI is InChI=1S/C30H36N8/c1-36-19-27-30(37(20-36)17-21-11-12-21)31-29(24-7-3-2-4-8-24)38(27)18-22-13-15-23(16-14-22)25-9-5-6-10-26(25)28-32-34-35-33-28/h5-6,9-10,13-16,21,24H,2-4,7-8,11-12,17-20H2,1H3,(H,32,33,34,35). The van der Waals surface area contributed by atoms with Crippen molar-refractivity contribution in [3.8, 4) is 22.5 Å². The second-order valence-corrected chi connectivity index (χ2v) is 11.5. The van der Waals surface area contributed by atoms with Crippen molar-refractivity contribution in [1.82, 2.24) is 35.1 Å². The second-order valence-electron chi connectivity index (χ2n) is 11.5. The van der Waals surface area contributed by atoms with Crippen LogP contribution in [-0.2, 0) is 13.1 Å². The van der Waals surface area contributed by atoms with E-state index in [0.29, 0.717) is 11.7 Å². The van der Waals surface area contributed by atoms with Crippen LogP contribution in [-0.4, -0.2) is 55.3 Å². The first-order valence-electron chi connectivity index (χ1n) is 14.2. The van der Waals surface area contributed by atoms with Gasteiger partial charge in [-0.2, -0.15) is 0 Å². The van der Waals surface area contributed by atoms with Gasteiger partial charge in [0.1, 0.15) is 5.82 Å². The summed E-state index contributed by atoms with van der Waals surface area (Å²) in [4.78, 5) is 10.4. The molecule has 196 valence electrons. The first kappa shape index (κ1) is 23.6. The Hall–Kier alpha value is -3.52. The van der Waals surface area contributed by atoms with Gasteiger partial charge in [-0.3, -0.25) is 4.90 Å². The lowest BCUT2D eigenvalue weighted by Crippen LogP contribution is -2.42. The van der Waals surface area contributed by atoms with E-state index in [1.54, 1.807) is 0 Å². The first-order valence-corrected chi connectivity index (χ1v) is 14.2. The highest BCUT2D eigenvalue weighted by Gasteiger charge is 2.34. The Morgan fingerprint density at radius 3 is 2.45 bits per heavy atom. The van der Waals surface area contributed by atoms with E-state index in [1.165, 1.54) is 67.8 Å². The third-order valence-electron chi connectivity index (χ3n) is 8.49. The van der Waals surface area contributed by atoms with Crippen molar-refractivity contribution in [2.24, 2.45) is 5.92 Å². The molecule has 3 heterocycles. The van der Waals surface area contributed by atoms with Crippen LogP contribution in [0.1, 0.15) is 67.9 Å². The smallest absolute Gasteiger partial charge is 0.180 e. The summed E-state index contributed by atoms with van der Waals surface area (Å²) < 4.78 is 2.57. The predicted molar refractivity (Wildman–Crippen MR) is 149 cm³/mol. The van der Waals surface area contributed by atoms with E-state index in [1.807, 2.05) is 6.07 Å². The summed E-state index contributed by atoms with van der Waals surface area (Å²) in [5.74, 6) is 4.68. The lowest BCUT2D eigenvalue weighted by atomic mass is 9.88. The molecule has 7 rings (SSSR count). The van der Waals surface area contributed by atoms with Gasteiger partial charge >= 0.3 is 0 Å². The maximum atomic E-state index is 5.41. The molecule has 2 saturated carbocycles. The van der Waals surface area contributed by atoms with Crippen LogP contribution in [0.5, 0.6) is 0 Å². The Morgan fingerprint density at radius 2 is 1.71 bits per heavy atom. The van der Waals surface area contributed by atoms with Crippen molar-refractivity contribution >= 4 is 5.82 Å².